The van der Waals surface area contributed by atoms with Crippen molar-refractivity contribution < 1.29 is 19.0 Å². The number of aliphatic hydroxyl groups is 1. The first-order chi connectivity index (χ1) is 9.00. The van der Waals surface area contributed by atoms with Crippen LogP contribution < -0.4 is 11.1 Å². The summed E-state index contributed by atoms with van der Waals surface area (Å²) in [6.45, 7) is 1.00. The lowest BCUT2D eigenvalue weighted by atomic mass is 9.94. The number of nitrogens with two attached hydrogens (primary N) is 1. The summed E-state index contributed by atoms with van der Waals surface area (Å²) >= 11 is 0. The van der Waals surface area contributed by atoms with Gasteiger partial charge in [0, 0.05) is 38.3 Å². The minimum absolute atomic E-state index is 0.0788. The van der Waals surface area contributed by atoms with Crippen LogP contribution in [0.25, 0.3) is 0 Å². The van der Waals surface area contributed by atoms with Crippen molar-refractivity contribution in [3.8, 4) is 0 Å². The Labute approximate surface area is 110 Å². The average Bonchev–Trinajstić information content (AvgIpc) is 2.37. The predicted octanol–water partition coefficient (Wildman–Crippen LogP) is 0.679. The fourth-order valence-electron chi connectivity index (χ4n) is 1.98. The van der Waals surface area contributed by atoms with E-state index in [1.54, 1.807) is 0 Å². The van der Waals surface area contributed by atoms with Crippen LogP contribution in [0.3, 0.4) is 0 Å². The van der Waals surface area contributed by atoms with E-state index in [2.05, 4.69) is 5.32 Å². The second-order valence-corrected chi connectivity index (χ2v) is 4.76. The molecule has 19 heavy (non-hydrogen) atoms. The minimum Gasteiger partial charge on any atom is -0.399 e. The van der Waals surface area contributed by atoms with E-state index < -0.39 is 17.3 Å². The van der Waals surface area contributed by atoms with Crippen molar-refractivity contribution in [3.05, 3.63) is 29.6 Å². The van der Waals surface area contributed by atoms with Crippen molar-refractivity contribution in [2.45, 2.75) is 18.4 Å². The smallest absolute Gasteiger partial charge is 0.254 e. The Morgan fingerprint density at radius 2 is 2.16 bits per heavy atom. The zero-order valence-corrected chi connectivity index (χ0v) is 10.5. The molecule has 0 aliphatic carbocycles. The van der Waals surface area contributed by atoms with Crippen LogP contribution in [-0.2, 0) is 4.74 Å². The first kappa shape index (κ1) is 13.8. The van der Waals surface area contributed by atoms with E-state index in [0.29, 0.717) is 26.1 Å². The van der Waals surface area contributed by atoms with Gasteiger partial charge in [-0.2, -0.15) is 0 Å². The molecule has 1 amide bonds. The fraction of sp³-hybridized carbons (Fsp3) is 0.462. The van der Waals surface area contributed by atoms with Gasteiger partial charge in [-0.25, -0.2) is 4.39 Å². The van der Waals surface area contributed by atoms with E-state index in [1.165, 1.54) is 12.1 Å². The van der Waals surface area contributed by atoms with Crippen LogP contribution >= 0.6 is 0 Å². The van der Waals surface area contributed by atoms with Crippen molar-refractivity contribution in [1.29, 1.82) is 0 Å². The predicted molar refractivity (Wildman–Crippen MR) is 68.1 cm³/mol. The molecule has 1 fully saturated rings. The molecule has 0 spiro atoms. The molecule has 1 saturated heterocycles. The van der Waals surface area contributed by atoms with Gasteiger partial charge in [-0.3, -0.25) is 4.79 Å². The summed E-state index contributed by atoms with van der Waals surface area (Å²) in [5, 5.41) is 12.7. The number of amides is 1. The van der Waals surface area contributed by atoms with Crippen LogP contribution in [0.15, 0.2) is 18.2 Å². The molecule has 4 N–H and O–H groups in total. The monoisotopic (exact) mass is 268 g/mol. The Hall–Kier alpha value is -1.66. The highest BCUT2D eigenvalue weighted by Gasteiger charge is 2.30. The molecule has 0 bridgehead atoms. The van der Waals surface area contributed by atoms with Crippen LogP contribution in [0, 0.1) is 5.82 Å². The standard InChI is InChI=1S/C13H17FN2O3/c14-11-7-9(15)1-2-10(11)12(17)16-8-13(18)3-5-19-6-4-13/h1-2,7,18H,3-6,8,15H2,(H,16,17). The zero-order valence-electron chi connectivity index (χ0n) is 10.5. The Kier molecular flexibility index (Phi) is 4.01. The topological polar surface area (TPSA) is 84.6 Å². The van der Waals surface area contributed by atoms with Crippen LogP contribution in [0.5, 0.6) is 0 Å². The number of benzene rings is 1. The maximum Gasteiger partial charge on any atom is 0.254 e. The maximum absolute atomic E-state index is 13.5. The molecular formula is C13H17FN2O3. The lowest BCUT2D eigenvalue weighted by Crippen LogP contribution is -2.46. The van der Waals surface area contributed by atoms with Crippen molar-refractivity contribution in [2.24, 2.45) is 0 Å². The number of hydrogen-bond acceptors (Lipinski definition) is 4. The summed E-state index contributed by atoms with van der Waals surface area (Å²) in [6, 6.07) is 3.88. The van der Waals surface area contributed by atoms with Gasteiger partial charge in [0.15, 0.2) is 0 Å². The average molecular weight is 268 g/mol. The molecule has 1 aromatic carbocycles. The summed E-state index contributed by atoms with van der Waals surface area (Å²) in [6.07, 6.45) is 0.912. The number of nitrogens with one attached hydrogen (secondary N) is 1. The molecule has 0 unspecified atom stereocenters. The van der Waals surface area contributed by atoms with E-state index >= 15 is 0 Å². The first-order valence-corrected chi connectivity index (χ1v) is 6.13. The maximum atomic E-state index is 13.5. The molecule has 1 aliphatic rings. The molecule has 2 rings (SSSR count). The van der Waals surface area contributed by atoms with Crippen LogP contribution in [-0.4, -0.2) is 36.4 Å². The van der Waals surface area contributed by atoms with Crippen LogP contribution in [0.4, 0.5) is 10.1 Å². The molecule has 0 radical (unpaired) electrons. The first-order valence-electron chi connectivity index (χ1n) is 6.13. The Balaban J connectivity index is 1.97. The van der Waals surface area contributed by atoms with Gasteiger partial charge in [0.05, 0.1) is 11.2 Å². The Morgan fingerprint density at radius 3 is 2.79 bits per heavy atom. The Bertz CT molecular complexity index is 473. The largest absolute Gasteiger partial charge is 0.399 e. The van der Waals surface area contributed by atoms with Crippen molar-refractivity contribution in [2.75, 3.05) is 25.5 Å². The SMILES string of the molecule is Nc1ccc(C(=O)NCC2(O)CCOCC2)c(F)c1. The summed E-state index contributed by atoms with van der Waals surface area (Å²) in [4.78, 5) is 11.8. The molecule has 0 atom stereocenters. The number of halogens is 1. The van der Waals surface area contributed by atoms with Crippen LogP contribution in [0.1, 0.15) is 23.2 Å². The number of carbonyl (C=O) groups is 1. The number of carbonyl (C=O) groups excluding carboxylic acids is 1. The van der Waals surface area contributed by atoms with E-state index in [0.717, 1.165) is 6.07 Å². The third kappa shape index (κ3) is 3.42. The van der Waals surface area contributed by atoms with E-state index in [9.17, 15) is 14.3 Å². The molecule has 1 aromatic rings. The van der Waals surface area contributed by atoms with Crippen molar-refractivity contribution >= 4 is 11.6 Å². The number of rotatable bonds is 3. The van der Waals surface area contributed by atoms with Gasteiger partial charge in [-0.1, -0.05) is 0 Å². The highest BCUT2D eigenvalue weighted by atomic mass is 19.1. The fourth-order valence-corrected chi connectivity index (χ4v) is 1.98. The summed E-state index contributed by atoms with van der Waals surface area (Å²) in [7, 11) is 0. The number of anilines is 1. The number of hydrogen-bond donors (Lipinski definition) is 3. The van der Waals surface area contributed by atoms with E-state index in [4.69, 9.17) is 10.5 Å². The lowest BCUT2D eigenvalue weighted by Gasteiger charge is -2.32. The second-order valence-electron chi connectivity index (χ2n) is 4.76. The summed E-state index contributed by atoms with van der Waals surface area (Å²) in [5.41, 5.74) is 4.62. The van der Waals surface area contributed by atoms with Gasteiger partial charge < -0.3 is 20.9 Å². The van der Waals surface area contributed by atoms with Gasteiger partial charge in [-0.15, -0.1) is 0 Å². The van der Waals surface area contributed by atoms with Crippen molar-refractivity contribution in [1.82, 2.24) is 5.32 Å². The minimum atomic E-state index is -0.974. The molecule has 0 aromatic heterocycles. The molecule has 104 valence electrons. The van der Waals surface area contributed by atoms with Gasteiger partial charge >= 0.3 is 0 Å². The molecule has 1 aliphatic heterocycles. The summed E-state index contributed by atoms with van der Waals surface area (Å²) < 4.78 is 18.7. The third-order valence-electron chi connectivity index (χ3n) is 3.24. The molecule has 6 heteroatoms. The van der Waals surface area contributed by atoms with Gasteiger partial charge in [0.1, 0.15) is 5.82 Å². The lowest BCUT2D eigenvalue weighted by molar-refractivity contribution is -0.0605. The normalized spacial score (nSPS) is 18.0. The quantitative estimate of drug-likeness (QED) is 0.704. The van der Waals surface area contributed by atoms with Gasteiger partial charge in [0.2, 0.25) is 0 Å². The highest BCUT2D eigenvalue weighted by molar-refractivity contribution is 5.94. The van der Waals surface area contributed by atoms with E-state index in [1.807, 2.05) is 0 Å². The molecule has 5 nitrogen and oxygen atoms in total. The highest BCUT2D eigenvalue weighted by Crippen LogP contribution is 2.19. The van der Waals surface area contributed by atoms with Gasteiger partial charge in [0.25, 0.3) is 5.91 Å². The zero-order chi connectivity index (χ0) is 13.9. The third-order valence-corrected chi connectivity index (χ3v) is 3.24. The van der Waals surface area contributed by atoms with Gasteiger partial charge in [-0.05, 0) is 18.2 Å². The molecular weight excluding hydrogens is 251 g/mol. The summed E-state index contributed by atoms with van der Waals surface area (Å²) in [5.74, 6) is -1.23. The van der Waals surface area contributed by atoms with E-state index in [-0.39, 0.29) is 17.8 Å². The molecule has 0 saturated carbocycles. The number of nitrogen functional groups attached to an aromatic ring is 1. The second kappa shape index (κ2) is 5.54. The van der Waals surface area contributed by atoms with Crippen LogP contribution in [0.2, 0.25) is 0 Å². The number of ether oxygens (including phenoxy) is 1. The molecule has 1 heterocycles. The van der Waals surface area contributed by atoms with Crippen molar-refractivity contribution in [3.63, 3.8) is 0 Å². The Morgan fingerprint density at radius 1 is 1.47 bits per heavy atom.